The van der Waals surface area contributed by atoms with Crippen LogP contribution >= 0.6 is 0 Å². The molecule has 0 amide bonds. The highest BCUT2D eigenvalue weighted by molar-refractivity contribution is 5.04. The van der Waals surface area contributed by atoms with Crippen molar-refractivity contribution < 1.29 is 0 Å². The summed E-state index contributed by atoms with van der Waals surface area (Å²) in [5, 5.41) is 0. The van der Waals surface area contributed by atoms with E-state index in [2.05, 4.69) is 34.6 Å². The summed E-state index contributed by atoms with van der Waals surface area (Å²) in [5.74, 6) is 3.03. The highest BCUT2D eigenvalue weighted by Crippen LogP contribution is 2.63. The van der Waals surface area contributed by atoms with Gasteiger partial charge >= 0.3 is 0 Å². The van der Waals surface area contributed by atoms with Crippen molar-refractivity contribution in [1.29, 1.82) is 0 Å². The van der Waals surface area contributed by atoms with Gasteiger partial charge in [0.2, 0.25) is 0 Å². The Morgan fingerprint density at radius 2 is 1.62 bits per heavy atom. The van der Waals surface area contributed by atoms with Gasteiger partial charge in [-0.15, -0.1) is 0 Å². The lowest BCUT2D eigenvalue weighted by atomic mass is 9.95. The molecule has 16 heavy (non-hydrogen) atoms. The van der Waals surface area contributed by atoms with Crippen molar-refractivity contribution in [1.82, 2.24) is 0 Å². The van der Waals surface area contributed by atoms with Crippen molar-refractivity contribution in [3.05, 3.63) is 0 Å². The summed E-state index contributed by atoms with van der Waals surface area (Å²) in [6.07, 6.45) is 10.0. The van der Waals surface area contributed by atoms with Crippen molar-refractivity contribution in [2.45, 2.75) is 79.6 Å². The molecule has 0 N–H and O–H groups in total. The lowest BCUT2D eigenvalue weighted by molar-refractivity contribution is 0.406. The zero-order valence-electron chi connectivity index (χ0n) is 12.2. The fourth-order valence-corrected chi connectivity index (χ4v) is 3.43. The van der Waals surface area contributed by atoms with Gasteiger partial charge in [-0.3, -0.25) is 0 Å². The molecule has 3 atom stereocenters. The number of rotatable bonds is 8. The lowest BCUT2D eigenvalue weighted by Gasteiger charge is -2.11. The third-order valence-corrected chi connectivity index (χ3v) is 4.86. The summed E-state index contributed by atoms with van der Waals surface area (Å²) >= 11 is 0. The Balaban J connectivity index is 2.27. The van der Waals surface area contributed by atoms with Crippen LogP contribution in [0.15, 0.2) is 0 Å². The van der Waals surface area contributed by atoms with E-state index in [9.17, 15) is 0 Å². The fourth-order valence-electron chi connectivity index (χ4n) is 3.43. The van der Waals surface area contributed by atoms with Crippen LogP contribution in [0.1, 0.15) is 79.6 Å². The SMILES string of the molecule is CCCCC(C)CC1C(CCCC)C1(C)C. The maximum Gasteiger partial charge on any atom is -0.0292 e. The van der Waals surface area contributed by atoms with Crippen LogP contribution < -0.4 is 0 Å². The molecule has 0 radical (unpaired) electrons. The van der Waals surface area contributed by atoms with E-state index in [0.29, 0.717) is 5.41 Å². The molecule has 0 saturated heterocycles. The van der Waals surface area contributed by atoms with Crippen LogP contribution in [-0.2, 0) is 0 Å². The minimum atomic E-state index is 0.662. The molecule has 0 aliphatic heterocycles. The van der Waals surface area contributed by atoms with Crippen molar-refractivity contribution in [3.8, 4) is 0 Å². The van der Waals surface area contributed by atoms with Crippen molar-refractivity contribution >= 4 is 0 Å². The molecule has 0 heterocycles. The minimum Gasteiger partial charge on any atom is -0.0654 e. The largest absolute Gasteiger partial charge is 0.0654 e. The Bertz CT molecular complexity index is 192. The summed E-state index contributed by atoms with van der Waals surface area (Å²) in [7, 11) is 0. The van der Waals surface area contributed by atoms with E-state index in [1.807, 2.05) is 0 Å². The first-order valence-corrected chi connectivity index (χ1v) is 7.54. The zero-order chi connectivity index (χ0) is 12.2. The van der Waals surface area contributed by atoms with E-state index in [-0.39, 0.29) is 0 Å². The predicted octanol–water partition coefficient (Wildman–Crippen LogP) is 5.67. The van der Waals surface area contributed by atoms with E-state index in [0.717, 1.165) is 17.8 Å². The minimum absolute atomic E-state index is 0.662. The van der Waals surface area contributed by atoms with Crippen LogP contribution in [0.5, 0.6) is 0 Å². The fraction of sp³-hybridized carbons (Fsp3) is 1.00. The molecule has 1 saturated carbocycles. The summed E-state index contributed by atoms with van der Waals surface area (Å²) in [4.78, 5) is 0. The van der Waals surface area contributed by atoms with Crippen LogP contribution in [0.3, 0.4) is 0 Å². The second kappa shape index (κ2) is 6.07. The van der Waals surface area contributed by atoms with Gasteiger partial charge in [-0.2, -0.15) is 0 Å². The van der Waals surface area contributed by atoms with Gasteiger partial charge in [0.25, 0.3) is 0 Å². The molecule has 0 bridgehead atoms. The Morgan fingerprint density at radius 3 is 2.19 bits per heavy atom. The summed E-state index contributed by atoms with van der Waals surface area (Å²) in [6, 6.07) is 0. The molecule has 0 heteroatoms. The lowest BCUT2D eigenvalue weighted by Crippen LogP contribution is -1.99. The van der Waals surface area contributed by atoms with Gasteiger partial charge in [0.15, 0.2) is 0 Å². The molecule has 0 spiro atoms. The summed E-state index contributed by atoms with van der Waals surface area (Å²) in [6.45, 7) is 12.1. The summed E-state index contributed by atoms with van der Waals surface area (Å²) < 4.78 is 0. The molecule has 1 rings (SSSR count). The van der Waals surface area contributed by atoms with Gasteiger partial charge in [-0.1, -0.05) is 66.7 Å². The number of hydrogen-bond donors (Lipinski definition) is 0. The Kier molecular flexibility index (Phi) is 5.34. The topological polar surface area (TPSA) is 0 Å². The van der Waals surface area contributed by atoms with Gasteiger partial charge in [-0.25, -0.2) is 0 Å². The first-order chi connectivity index (χ1) is 7.54. The van der Waals surface area contributed by atoms with Gasteiger partial charge in [0.1, 0.15) is 0 Å². The van der Waals surface area contributed by atoms with Gasteiger partial charge < -0.3 is 0 Å². The van der Waals surface area contributed by atoms with Gasteiger partial charge in [0.05, 0.1) is 0 Å². The van der Waals surface area contributed by atoms with Crippen LogP contribution in [-0.4, -0.2) is 0 Å². The molecule has 0 aromatic heterocycles. The molecule has 96 valence electrons. The van der Waals surface area contributed by atoms with Gasteiger partial charge in [-0.05, 0) is 36.0 Å². The first-order valence-electron chi connectivity index (χ1n) is 7.54. The average molecular weight is 224 g/mol. The molecule has 1 aliphatic carbocycles. The van der Waals surface area contributed by atoms with Crippen molar-refractivity contribution in [3.63, 3.8) is 0 Å². The smallest absolute Gasteiger partial charge is 0.0292 e. The second-order valence-electron chi connectivity index (χ2n) is 6.66. The highest BCUT2D eigenvalue weighted by Gasteiger charge is 2.56. The van der Waals surface area contributed by atoms with E-state index in [4.69, 9.17) is 0 Å². The van der Waals surface area contributed by atoms with Crippen LogP contribution in [0, 0.1) is 23.2 Å². The van der Waals surface area contributed by atoms with E-state index >= 15 is 0 Å². The van der Waals surface area contributed by atoms with Crippen molar-refractivity contribution in [2.75, 3.05) is 0 Å². The molecule has 1 aliphatic rings. The Labute approximate surface area is 103 Å². The second-order valence-corrected chi connectivity index (χ2v) is 6.66. The quantitative estimate of drug-likeness (QED) is 0.498. The highest BCUT2D eigenvalue weighted by atomic mass is 14.6. The molecule has 0 aromatic carbocycles. The number of unbranched alkanes of at least 4 members (excludes halogenated alkanes) is 2. The Hall–Kier alpha value is 0. The predicted molar refractivity (Wildman–Crippen MR) is 73.6 cm³/mol. The zero-order valence-corrected chi connectivity index (χ0v) is 12.2. The van der Waals surface area contributed by atoms with Crippen molar-refractivity contribution in [2.24, 2.45) is 23.2 Å². The molecule has 1 fully saturated rings. The Morgan fingerprint density at radius 1 is 1.00 bits per heavy atom. The van der Waals surface area contributed by atoms with Crippen LogP contribution in [0.25, 0.3) is 0 Å². The number of hydrogen-bond acceptors (Lipinski definition) is 0. The first kappa shape index (κ1) is 14.1. The third kappa shape index (κ3) is 3.50. The molecule has 0 aromatic rings. The molecular formula is C16H32. The average Bonchev–Trinajstić information content (AvgIpc) is 2.74. The van der Waals surface area contributed by atoms with Crippen LogP contribution in [0.4, 0.5) is 0 Å². The standard InChI is InChI=1S/C16H32/c1-6-8-10-13(3)12-15-14(11-9-7-2)16(15,4)5/h13-15H,6-12H2,1-5H3. The van der Waals surface area contributed by atoms with E-state index in [1.54, 1.807) is 0 Å². The van der Waals surface area contributed by atoms with E-state index in [1.165, 1.54) is 44.9 Å². The van der Waals surface area contributed by atoms with Crippen LogP contribution in [0.2, 0.25) is 0 Å². The maximum absolute atomic E-state index is 2.49. The molecular weight excluding hydrogens is 192 g/mol. The normalized spacial score (nSPS) is 29.1. The summed E-state index contributed by atoms with van der Waals surface area (Å²) in [5.41, 5.74) is 0.662. The maximum atomic E-state index is 2.49. The molecule has 0 nitrogen and oxygen atoms in total. The molecule has 3 unspecified atom stereocenters. The monoisotopic (exact) mass is 224 g/mol. The third-order valence-electron chi connectivity index (χ3n) is 4.86. The van der Waals surface area contributed by atoms with Gasteiger partial charge in [0, 0.05) is 0 Å². The van der Waals surface area contributed by atoms with E-state index < -0.39 is 0 Å².